The zero-order chi connectivity index (χ0) is 11.1. The lowest BCUT2D eigenvalue weighted by Crippen LogP contribution is -1.87. The molecule has 0 amide bonds. The van der Waals surface area contributed by atoms with Crippen molar-refractivity contribution in [2.75, 3.05) is 7.11 Å². The minimum atomic E-state index is 0.399. The van der Waals surface area contributed by atoms with Crippen LogP contribution in [0.1, 0.15) is 24.0 Å². The third-order valence-electron chi connectivity index (χ3n) is 2.28. The van der Waals surface area contributed by atoms with Crippen LogP contribution in [0, 0.1) is 6.92 Å². The largest absolute Gasteiger partial charge is 0.508 e. The van der Waals surface area contributed by atoms with Gasteiger partial charge in [0.15, 0.2) is 0 Å². The summed E-state index contributed by atoms with van der Waals surface area (Å²) in [6, 6.07) is 5.72. The maximum atomic E-state index is 9.59. The maximum Gasteiger partial charge on any atom is 0.118 e. The van der Waals surface area contributed by atoms with Gasteiger partial charge >= 0.3 is 0 Å². The Hall–Kier alpha value is -1.44. The first-order valence-corrected chi connectivity index (χ1v) is 5.20. The molecule has 0 aliphatic heterocycles. The molecule has 1 aromatic rings. The Morgan fingerprint density at radius 3 is 2.93 bits per heavy atom. The molecule has 0 radical (unpaired) electrons. The van der Waals surface area contributed by atoms with Gasteiger partial charge in [-0.25, -0.2) is 0 Å². The number of ether oxygens (including phenoxy) is 1. The van der Waals surface area contributed by atoms with Crippen molar-refractivity contribution >= 4 is 0 Å². The van der Waals surface area contributed by atoms with Gasteiger partial charge in [-0.1, -0.05) is 17.7 Å². The van der Waals surface area contributed by atoms with E-state index in [-0.39, 0.29) is 0 Å². The van der Waals surface area contributed by atoms with Crippen molar-refractivity contribution in [1.82, 2.24) is 0 Å². The van der Waals surface area contributed by atoms with Crippen LogP contribution in [0.25, 0.3) is 0 Å². The molecule has 0 saturated carbocycles. The molecule has 15 heavy (non-hydrogen) atoms. The molecule has 0 heterocycles. The quantitative estimate of drug-likeness (QED) is 0.592. The number of unbranched alkanes of at least 4 members (excludes halogenated alkanes) is 1. The predicted octanol–water partition coefficient (Wildman–Crippen LogP) is 3.18. The Morgan fingerprint density at radius 1 is 1.40 bits per heavy atom. The van der Waals surface area contributed by atoms with Gasteiger partial charge in [0.2, 0.25) is 0 Å². The molecular formula is C13H18O2. The highest BCUT2D eigenvalue weighted by Gasteiger charge is 1.99. The van der Waals surface area contributed by atoms with Crippen LogP contribution in [0.15, 0.2) is 30.5 Å². The lowest BCUT2D eigenvalue weighted by atomic mass is 10.0. The summed E-state index contributed by atoms with van der Waals surface area (Å²) in [6.45, 7) is 2.04. The zero-order valence-corrected chi connectivity index (χ0v) is 9.36. The fourth-order valence-corrected chi connectivity index (χ4v) is 1.49. The van der Waals surface area contributed by atoms with Gasteiger partial charge in [-0.3, -0.25) is 0 Å². The first-order valence-electron chi connectivity index (χ1n) is 5.20. The number of phenols is 1. The molecule has 2 nitrogen and oxygen atoms in total. The normalized spacial score (nSPS) is 10.8. The van der Waals surface area contributed by atoms with Crippen molar-refractivity contribution in [3.8, 4) is 5.75 Å². The fourth-order valence-electron chi connectivity index (χ4n) is 1.49. The Morgan fingerprint density at radius 2 is 2.20 bits per heavy atom. The van der Waals surface area contributed by atoms with Crippen molar-refractivity contribution in [2.24, 2.45) is 0 Å². The minimum absolute atomic E-state index is 0.399. The van der Waals surface area contributed by atoms with Crippen molar-refractivity contribution in [2.45, 2.75) is 26.2 Å². The Labute approximate surface area is 91.2 Å². The van der Waals surface area contributed by atoms with Crippen LogP contribution in [-0.2, 0) is 11.2 Å². The van der Waals surface area contributed by atoms with Gasteiger partial charge in [0.1, 0.15) is 5.75 Å². The summed E-state index contributed by atoms with van der Waals surface area (Å²) >= 11 is 0. The Balaban J connectivity index is 2.43. The molecule has 0 spiro atoms. The molecular weight excluding hydrogens is 188 g/mol. The molecule has 0 saturated heterocycles. The Bertz CT molecular complexity index is 329. The third kappa shape index (κ3) is 4.07. The lowest BCUT2D eigenvalue weighted by molar-refractivity contribution is 0.336. The molecule has 0 aromatic heterocycles. The van der Waals surface area contributed by atoms with Gasteiger partial charge in [0.05, 0.1) is 13.4 Å². The van der Waals surface area contributed by atoms with E-state index in [0.717, 1.165) is 24.8 Å². The maximum absolute atomic E-state index is 9.59. The molecule has 0 aliphatic carbocycles. The first-order chi connectivity index (χ1) is 7.24. The summed E-state index contributed by atoms with van der Waals surface area (Å²) in [5.74, 6) is 0.399. The summed E-state index contributed by atoms with van der Waals surface area (Å²) in [4.78, 5) is 0. The number of hydrogen-bond donors (Lipinski definition) is 1. The second-order valence-corrected chi connectivity index (χ2v) is 3.63. The smallest absolute Gasteiger partial charge is 0.118 e. The Kier molecular flexibility index (Phi) is 4.75. The van der Waals surface area contributed by atoms with Crippen molar-refractivity contribution in [3.05, 3.63) is 41.7 Å². The van der Waals surface area contributed by atoms with Gasteiger partial charge in [0, 0.05) is 0 Å². The van der Waals surface area contributed by atoms with E-state index in [4.69, 9.17) is 4.74 Å². The number of rotatable bonds is 5. The van der Waals surface area contributed by atoms with Crippen LogP contribution in [0.2, 0.25) is 0 Å². The molecule has 0 fully saturated rings. The number of hydrogen-bond acceptors (Lipinski definition) is 2. The molecule has 1 aromatic carbocycles. The molecule has 0 aliphatic rings. The van der Waals surface area contributed by atoms with E-state index in [2.05, 4.69) is 0 Å². The monoisotopic (exact) mass is 206 g/mol. The van der Waals surface area contributed by atoms with Gasteiger partial charge in [-0.05, 0) is 43.9 Å². The highest BCUT2D eigenvalue weighted by molar-refractivity contribution is 5.35. The van der Waals surface area contributed by atoms with E-state index < -0.39 is 0 Å². The van der Waals surface area contributed by atoms with Crippen LogP contribution >= 0.6 is 0 Å². The lowest BCUT2D eigenvalue weighted by Gasteiger charge is -2.04. The topological polar surface area (TPSA) is 29.5 Å². The van der Waals surface area contributed by atoms with E-state index in [9.17, 15) is 5.11 Å². The number of phenolic OH excluding ortho intramolecular Hbond substituents is 1. The summed E-state index contributed by atoms with van der Waals surface area (Å²) in [6.07, 6.45) is 6.59. The fraction of sp³-hybridized carbons (Fsp3) is 0.385. The van der Waals surface area contributed by atoms with E-state index in [0.29, 0.717) is 5.75 Å². The highest BCUT2D eigenvalue weighted by atomic mass is 16.5. The van der Waals surface area contributed by atoms with Crippen molar-refractivity contribution in [3.63, 3.8) is 0 Å². The van der Waals surface area contributed by atoms with Crippen molar-refractivity contribution < 1.29 is 9.84 Å². The van der Waals surface area contributed by atoms with Gasteiger partial charge in [-0.15, -0.1) is 0 Å². The van der Waals surface area contributed by atoms with E-state index in [1.807, 2.05) is 25.1 Å². The number of benzene rings is 1. The van der Waals surface area contributed by atoms with Crippen molar-refractivity contribution in [1.29, 1.82) is 0 Å². The highest BCUT2D eigenvalue weighted by Crippen LogP contribution is 2.20. The average molecular weight is 206 g/mol. The van der Waals surface area contributed by atoms with Crippen LogP contribution in [0.4, 0.5) is 0 Å². The minimum Gasteiger partial charge on any atom is -0.508 e. The number of aryl methyl sites for hydroxylation is 2. The third-order valence-corrected chi connectivity index (χ3v) is 2.28. The molecule has 1 rings (SSSR count). The summed E-state index contributed by atoms with van der Waals surface area (Å²) in [7, 11) is 1.64. The SMILES string of the molecule is CO/C=C/CCCc1cc(C)ccc1O. The molecule has 1 N–H and O–H groups in total. The van der Waals surface area contributed by atoms with E-state index in [1.165, 1.54) is 5.56 Å². The van der Waals surface area contributed by atoms with E-state index >= 15 is 0 Å². The predicted molar refractivity (Wildman–Crippen MR) is 61.9 cm³/mol. The molecule has 2 heteroatoms. The standard InChI is InChI=1S/C13H18O2/c1-11-7-8-13(14)12(10-11)6-4-3-5-9-15-2/h5,7-10,14H,3-4,6H2,1-2H3/b9-5+. The average Bonchev–Trinajstić information content (AvgIpc) is 2.23. The second kappa shape index (κ2) is 6.12. The van der Waals surface area contributed by atoms with Crippen LogP contribution in [-0.4, -0.2) is 12.2 Å². The molecule has 82 valence electrons. The van der Waals surface area contributed by atoms with E-state index in [1.54, 1.807) is 19.4 Å². The molecule has 0 bridgehead atoms. The number of aromatic hydroxyl groups is 1. The van der Waals surface area contributed by atoms with Gasteiger partial charge < -0.3 is 9.84 Å². The first kappa shape index (κ1) is 11.6. The number of allylic oxidation sites excluding steroid dienone is 1. The zero-order valence-electron chi connectivity index (χ0n) is 9.36. The van der Waals surface area contributed by atoms with Crippen LogP contribution < -0.4 is 0 Å². The van der Waals surface area contributed by atoms with Crippen LogP contribution in [0.5, 0.6) is 5.75 Å². The van der Waals surface area contributed by atoms with Gasteiger partial charge in [0.25, 0.3) is 0 Å². The molecule has 0 unspecified atom stereocenters. The summed E-state index contributed by atoms with van der Waals surface area (Å²) in [5, 5.41) is 9.59. The summed E-state index contributed by atoms with van der Waals surface area (Å²) < 4.78 is 4.81. The summed E-state index contributed by atoms with van der Waals surface area (Å²) in [5.41, 5.74) is 2.22. The molecule has 0 atom stereocenters. The second-order valence-electron chi connectivity index (χ2n) is 3.63. The number of methoxy groups -OCH3 is 1. The van der Waals surface area contributed by atoms with Gasteiger partial charge in [-0.2, -0.15) is 0 Å². The van der Waals surface area contributed by atoms with Crippen LogP contribution in [0.3, 0.4) is 0 Å².